The van der Waals surface area contributed by atoms with E-state index >= 15 is 0 Å². The van der Waals surface area contributed by atoms with E-state index in [1.54, 1.807) is 24.4 Å². The van der Waals surface area contributed by atoms with Crippen molar-refractivity contribution in [3.63, 3.8) is 0 Å². The van der Waals surface area contributed by atoms with Gasteiger partial charge in [0.1, 0.15) is 5.69 Å². The molecular weight excluding hydrogens is 290 g/mol. The Hall–Kier alpha value is -2.28. The summed E-state index contributed by atoms with van der Waals surface area (Å²) in [7, 11) is 1.68. The van der Waals surface area contributed by atoms with E-state index < -0.39 is 5.97 Å². The Labute approximate surface area is 126 Å². The number of hydrogen-bond donors (Lipinski definition) is 1. The fraction of sp³-hybridized carbons (Fsp3) is 0.286. The smallest absolute Gasteiger partial charge is 0.337 e. The van der Waals surface area contributed by atoms with E-state index in [2.05, 4.69) is 9.97 Å². The maximum absolute atomic E-state index is 12.3. The highest BCUT2D eigenvalue weighted by atomic mass is 32.1. The third kappa shape index (κ3) is 3.25. The second kappa shape index (κ2) is 6.01. The number of aryl methyl sites for hydroxylation is 2. The van der Waals surface area contributed by atoms with Gasteiger partial charge in [0.05, 0.1) is 29.0 Å². The number of carboxylic acid groups (broad SMARTS) is 1. The van der Waals surface area contributed by atoms with Crippen molar-refractivity contribution >= 4 is 23.2 Å². The van der Waals surface area contributed by atoms with Gasteiger partial charge < -0.3 is 10.0 Å². The lowest BCUT2D eigenvalue weighted by molar-refractivity contribution is 0.0693. The molecule has 0 bridgehead atoms. The molecule has 110 valence electrons. The number of pyridine rings is 1. The molecule has 2 heterocycles. The summed E-state index contributed by atoms with van der Waals surface area (Å²) in [6.07, 6.45) is 0. The summed E-state index contributed by atoms with van der Waals surface area (Å²) in [5, 5.41) is 8.97. The Balaban J connectivity index is 2.18. The molecule has 0 aliphatic rings. The molecule has 0 aliphatic carbocycles. The summed E-state index contributed by atoms with van der Waals surface area (Å²) in [4.78, 5) is 34.1. The Morgan fingerprint density at radius 3 is 2.52 bits per heavy atom. The summed E-state index contributed by atoms with van der Waals surface area (Å²) in [6.45, 7) is 3.93. The number of rotatable bonds is 4. The molecule has 0 saturated heterocycles. The van der Waals surface area contributed by atoms with Crippen LogP contribution < -0.4 is 0 Å². The number of amides is 1. The molecule has 2 aromatic rings. The van der Waals surface area contributed by atoms with Crippen LogP contribution in [0.2, 0.25) is 0 Å². The van der Waals surface area contributed by atoms with Crippen LogP contribution in [0.15, 0.2) is 17.6 Å². The van der Waals surface area contributed by atoms with E-state index in [1.165, 1.54) is 23.5 Å². The molecule has 7 heteroatoms. The predicted molar refractivity (Wildman–Crippen MR) is 78.6 cm³/mol. The molecule has 0 radical (unpaired) electrons. The van der Waals surface area contributed by atoms with E-state index in [1.807, 2.05) is 6.92 Å². The van der Waals surface area contributed by atoms with E-state index in [-0.39, 0.29) is 17.2 Å². The van der Waals surface area contributed by atoms with Crippen molar-refractivity contribution in [2.75, 3.05) is 7.05 Å². The first-order valence-corrected chi connectivity index (χ1v) is 7.13. The van der Waals surface area contributed by atoms with E-state index in [0.29, 0.717) is 12.2 Å². The molecule has 0 saturated carbocycles. The van der Waals surface area contributed by atoms with Gasteiger partial charge in [-0.3, -0.25) is 4.79 Å². The van der Waals surface area contributed by atoms with E-state index in [0.717, 1.165) is 10.6 Å². The molecule has 6 nitrogen and oxygen atoms in total. The number of aromatic nitrogens is 2. The minimum Gasteiger partial charge on any atom is -0.478 e. The molecule has 21 heavy (non-hydrogen) atoms. The predicted octanol–water partition coefficient (Wildman–Crippen LogP) is 2.13. The third-order valence-electron chi connectivity index (χ3n) is 3.11. The van der Waals surface area contributed by atoms with Gasteiger partial charge in [-0.25, -0.2) is 14.8 Å². The lowest BCUT2D eigenvalue weighted by atomic mass is 10.2. The number of thiazole rings is 1. The van der Waals surface area contributed by atoms with Gasteiger partial charge in [-0.2, -0.15) is 0 Å². The second-order valence-corrected chi connectivity index (χ2v) is 5.60. The van der Waals surface area contributed by atoms with Crippen molar-refractivity contribution in [3.8, 4) is 0 Å². The van der Waals surface area contributed by atoms with Crippen LogP contribution in [0.4, 0.5) is 0 Å². The third-order valence-corrected chi connectivity index (χ3v) is 4.03. The van der Waals surface area contributed by atoms with Gasteiger partial charge in [0, 0.05) is 11.9 Å². The first-order valence-electron chi connectivity index (χ1n) is 6.25. The molecule has 0 aromatic carbocycles. The van der Waals surface area contributed by atoms with Gasteiger partial charge in [-0.05, 0) is 26.0 Å². The minimum atomic E-state index is -1.05. The molecule has 0 aliphatic heterocycles. The molecule has 0 unspecified atom stereocenters. The highest BCUT2D eigenvalue weighted by Gasteiger charge is 2.17. The standard InChI is InChI=1S/C14H15N3O3S/c1-8-10(14(19)20)4-5-11(16-8)13(18)17(3)6-12-9(2)15-7-21-12/h4-5,7H,6H2,1-3H3,(H,19,20). The lowest BCUT2D eigenvalue weighted by Crippen LogP contribution is -2.27. The number of carbonyl (C=O) groups is 2. The molecule has 0 fully saturated rings. The van der Waals surface area contributed by atoms with Crippen LogP contribution in [0.1, 0.15) is 37.1 Å². The number of carbonyl (C=O) groups excluding carboxylic acids is 1. The van der Waals surface area contributed by atoms with Gasteiger partial charge >= 0.3 is 5.97 Å². The first-order chi connectivity index (χ1) is 9.90. The van der Waals surface area contributed by atoms with Crippen LogP contribution >= 0.6 is 11.3 Å². The van der Waals surface area contributed by atoms with E-state index in [4.69, 9.17) is 5.11 Å². The van der Waals surface area contributed by atoms with Gasteiger partial charge in [-0.1, -0.05) is 0 Å². The van der Waals surface area contributed by atoms with Gasteiger partial charge in [-0.15, -0.1) is 11.3 Å². The Bertz CT molecular complexity index is 697. The van der Waals surface area contributed by atoms with Crippen molar-refractivity contribution < 1.29 is 14.7 Å². The van der Waals surface area contributed by atoms with Crippen LogP contribution in [0.25, 0.3) is 0 Å². The van der Waals surface area contributed by atoms with Crippen LogP contribution in [0.5, 0.6) is 0 Å². The number of aromatic carboxylic acids is 1. The van der Waals surface area contributed by atoms with Crippen LogP contribution in [0, 0.1) is 13.8 Å². The van der Waals surface area contributed by atoms with Gasteiger partial charge in [0.2, 0.25) is 0 Å². The second-order valence-electron chi connectivity index (χ2n) is 4.66. The van der Waals surface area contributed by atoms with Crippen molar-refractivity contribution in [2.45, 2.75) is 20.4 Å². The van der Waals surface area contributed by atoms with Gasteiger partial charge in [0.25, 0.3) is 5.91 Å². The van der Waals surface area contributed by atoms with Crippen LogP contribution in [-0.2, 0) is 6.54 Å². The average Bonchev–Trinajstić information content (AvgIpc) is 2.82. The molecule has 1 amide bonds. The zero-order valence-corrected chi connectivity index (χ0v) is 12.8. The molecule has 0 spiro atoms. The lowest BCUT2D eigenvalue weighted by Gasteiger charge is -2.16. The molecule has 0 atom stereocenters. The molecular formula is C14H15N3O3S. The monoisotopic (exact) mass is 305 g/mol. The van der Waals surface area contributed by atoms with Crippen LogP contribution in [-0.4, -0.2) is 38.9 Å². The first kappa shape index (κ1) is 15.1. The molecule has 1 N–H and O–H groups in total. The van der Waals surface area contributed by atoms with Crippen molar-refractivity contribution in [1.29, 1.82) is 0 Å². The summed E-state index contributed by atoms with van der Waals surface area (Å²) in [5.41, 5.74) is 3.32. The summed E-state index contributed by atoms with van der Waals surface area (Å²) in [5.74, 6) is -1.30. The summed E-state index contributed by atoms with van der Waals surface area (Å²) in [6, 6.07) is 2.85. The quantitative estimate of drug-likeness (QED) is 0.935. The number of nitrogens with zero attached hydrogens (tertiary/aromatic N) is 3. The fourth-order valence-electron chi connectivity index (χ4n) is 1.87. The van der Waals surface area contributed by atoms with Crippen LogP contribution in [0.3, 0.4) is 0 Å². The number of carboxylic acids is 1. The minimum absolute atomic E-state index is 0.104. The van der Waals surface area contributed by atoms with E-state index in [9.17, 15) is 9.59 Å². The molecule has 2 rings (SSSR count). The van der Waals surface area contributed by atoms with Crippen molar-refractivity contribution in [1.82, 2.24) is 14.9 Å². The summed E-state index contributed by atoms with van der Waals surface area (Å²) >= 11 is 1.50. The summed E-state index contributed by atoms with van der Waals surface area (Å²) < 4.78 is 0. The van der Waals surface area contributed by atoms with Crippen molar-refractivity contribution in [3.05, 3.63) is 45.2 Å². The SMILES string of the molecule is Cc1nc(C(=O)N(C)Cc2scnc2C)ccc1C(=O)O. The normalized spacial score (nSPS) is 10.4. The Morgan fingerprint density at radius 1 is 1.29 bits per heavy atom. The number of hydrogen-bond acceptors (Lipinski definition) is 5. The van der Waals surface area contributed by atoms with Crippen molar-refractivity contribution in [2.24, 2.45) is 0 Å². The fourth-order valence-corrected chi connectivity index (χ4v) is 2.70. The topological polar surface area (TPSA) is 83.4 Å². The van der Waals surface area contributed by atoms with Gasteiger partial charge in [0.15, 0.2) is 0 Å². The average molecular weight is 305 g/mol. The highest BCUT2D eigenvalue weighted by molar-refractivity contribution is 7.09. The maximum Gasteiger partial charge on any atom is 0.337 e. The Morgan fingerprint density at radius 2 is 2.00 bits per heavy atom. The maximum atomic E-state index is 12.3. The Kier molecular flexibility index (Phi) is 4.32. The largest absolute Gasteiger partial charge is 0.478 e. The highest BCUT2D eigenvalue weighted by Crippen LogP contribution is 2.16. The zero-order chi connectivity index (χ0) is 15.6. The molecule has 2 aromatic heterocycles. The zero-order valence-electron chi connectivity index (χ0n) is 12.0.